The number of hydrogen-bond donors (Lipinski definition) is 2. The molecular formula is C28H30F3N3O4S. The number of nitrogens with one attached hydrogen (secondary N) is 2. The number of nitrogens with zero attached hydrogens (tertiary/aromatic N) is 1. The number of benzene rings is 2. The summed E-state index contributed by atoms with van der Waals surface area (Å²) in [6, 6.07) is 12.4. The van der Waals surface area contributed by atoms with E-state index in [4.69, 9.17) is 4.74 Å². The monoisotopic (exact) mass is 561 g/mol. The van der Waals surface area contributed by atoms with Crippen molar-refractivity contribution in [2.75, 3.05) is 18.6 Å². The van der Waals surface area contributed by atoms with Gasteiger partial charge in [-0.15, -0.1) is 11.3 Å². The molecule has 39 heavy (non-hydrogen) atoms. The van der Waals surface area contributed by atoms with Gasteiger partial charge in [0, 0.05) is 11.2 Å². The van der Waals surface area contributed by atoms with Crippen LogP contribution in [0, 0.1) is 0 Å². The first-order chi connectivity index (χ1) is 18.4. The third kappa shape index (κ3) is 7.60. The van der Waals surface area contributed by atoms with Crippen LogP contribution in [0.4, 0.5) is 18.9 Å². The number of methoxy groups -OCH3 is 1. The first kappa shape index (κ1) is 29.7. The number of alkyl halides is 3. The van der Waals surface area contributed by atoms with Crippen molar-refractivity contribution in [2.24, 2.45) is 0 Å². The Morgan fingerprint density at radius 3 is 2.36 bits per heavy atom. The highest BCUT2D eigenvalue weighted by Gasteiger charge is 2.37. The lowest BCUT2D eigenvalue weighted by Crippen LogP contribution is -2.52. The van der Waals surface area contributed by atoms with Crippen LogP contribution in [-0.2, 0) is 15.8 Å². The van der Waals surface area contributed by atoms with Gasteiger partial charge in [-0.3, -0.25) is 19.3 Å². The Morgan fingerprint density at radius 2 is 1.74 bits per heavy atom. The number of rotatable bonds is 10. The molecule has 2 aromatic carbocycles. The summed E-state index contributed by atoms with van der Waals surface area (Å²) < 4.78 is 46.2. The quantitative estimate of drug-likeness (QED) is 0.338. The number of halogens is 3. The number of thiophene rings is 1. The normalized spacial score (nSPS) is 12.4. The van der Waals surface area contributed by atoms with Crippen molar-refractivity contribution in [3.8, 4) is 5.75 Å². The number of carbonyl (C=O) groups excluding carboxylic acids is 3. The Labute approximate surface area is 229 Å². The Kier molecular flexibility index (Phi) is 9.39. The van der Waals surface area contributed by atoms with Crippen LogP contribution in [0.2, 0.25) is 0 Å². The van der Waals surface area contributed by atoms with Crippen molar-refractivity contribution < 1.29 is 32.3 Å². The Bertz CT molecular complexity index is 1310. The molecule has 0 fully saturated rings. The third-order valence-electron chi connectivity index (χ3n) is 6.13. The van der Waals surface area contributed by atoms with Gasteiger partial charge >= 0.3 is 6.18 Å². The second kappa shape index (κ2) is 12.3. The van der Waals surface area contributed by atoms with Gasteiger partial charge in [-0.05, 0) is 67.6 Å². The predicted octanol–water partition coefficient (Wildman–Crippen LogP) is 5.58. The van der Waals surface area contributed by atoms with Gasteiger partial charge in [-0.1, -0.05) is 31.2 Å². The molecule has 3 aromatic rings. The molecule has 0 aliphatic carbocycles. The maximum absolute atomic E-state index is 13.8. The van der Waals surface area contributed by atoms with E-state index in [0.29, 0.717) is 22.6 Å². The lowest BCUT2D eigenvalue weighted by Gasteiger charge is -2.35. The zero-order valence-electron chi connectivity index (χ0n) is 22.0. The average Bonchev–Trinajstić information content (AvgIpc) is 3.44. The van der Waals surface area contributed by atoms with E-state index in [9.17, 15) is 27.6 Å². The fourth-order valence-corrected chi connectivity index (χ4v) is 4.36. The summed E-state index contributed by atoms with van der Waals surface area (Å²) in [7, 11) is 1.43. The molecular weight excluding hydrogens is 531 g/mol. The molecule has 1 heterocycles. The minimum atomic E-state index is -4.68. The highest BCUT2D eigenvalue weighted by Crippen LogP contribution is 2.35. The second-order valence-corrected chi connectivity index (χ2v) is 10.3. The number of amides is 3. The smallest absolute Gasteiger partial charge is 0.416 e. The molecule has 0 radical (unpaired) electrons. The largest absolute Gasteiger partial charge is 0.497 e. The van der Waals surface area contributed by atoms with Gasteiger partial charge in [-0.25, -0.2) is 0 Å². The van der Waals surface area contributed by atoms with Crippen molar-refractivity contribution in [3.05, 3.63) is 82.0 Å². The Hall–Kier alpha value is -3.86. The highest BCUT2D eigenvalue weighted by atomic mass is 32.1. The number of carbonyl (C=O) groups is 3. The molecule has 0 spiro atoms. The number of hydrogen-bond acceptors (Lipinski definition) is 5. The van der Waals surface area contributed by atoms with Crippen molar-refractivity contribution in [1.82, 2.24) is 10.6 Å². The molecule has 0 bridgehead atoms. The third-order valence-corrected chi connectivity index (χ3v) is 7.00. The lowest BCUT2D eigenvalue weighted by atomic mass is 9.98. The highest BCUT2D eigenvalue weighted by molar-refractivity contribution is 7.12. The van der Waals surface area contributed by atoms with Crippen LogP contribution in [0.5, 0.6) is 5.75 Å². The fourth-order valence-electron chi connectivity index (χ4n) is 3.72. The summed E-state index contributed by atoms with van der Waals surface area (Å²) in [6.07, 6.45) is -4.13. The van der Waals surface area contributed by atoms with Crippen molar-refractivity contribution in [3.63, 3.8) is 0 Å². The van der Waals surface area contributed by atoms with Crippen LogP contribution in [0.1, 0.15) is 54.0 Å². The molecule has 0 aliphatic heterocycles. The molecule has 0 aliphatic rings. The van der Waals surface area contributed by atoms with Crippen molar-refractivity contribution >= 4 is 34.7 Å². The standard InChI is InChI=1S/C28H30F3N3O4S/c1-5-27(2,3)33-26(37)24(18-9-6-12-21(15-18)38-4)34(20-11-7-10-19(16-20)28(29,30)31)23(35)17-32-25(36)22-13-8-14-39-22/h6-16,24H,5,17H2,1-4H3,(H,32,36)(H,33,37). The van der Waals surface area contributed by atoms with Gasteiger partial charge in [0.15, 0.2) is 0 Å². The minimum absolute atomic E-state index is 0.155. The van der Waals surface area contributed by atoms with Gasteiger partial charge in [0.1, 0.15) is 11.8 Å². The molecule has 7 nitrogen and oxygen atoms in total. The summed E-state index contributed by atoms with van der Waals surface area (Å²) in [5.74, 6) is -1.51. The molecule has 1 aromatic heterocycles. The summed E-state index contributed by atoms with van der Waals surface area (Å²) in [4.78, 5) is 41.4. The average molecular weight is 562 g/mol. The molecule has 11 heteroatoms. The van der Waals surface area contributed by atoms with E-state index in [0.717, 1.165) is 17.0 Å². The molecule has 3 amide bonds. The zero-order chi connectivity index (χ0) is 28.8. The van der Waals surface area contributed by atoms with E-state index in [1.54, 1.807) is 55.6 Å². The van der Waals surface area contributed by atoms with E-state index < -0.39 is 47.6 Å². The van der Waals surface area contributed by atoms with Gasteiger partial charge in [-0.2, -0.15) is 13.2 Å². The van der Waals surface area contributed by atoms with E-state index in [2.05, 4.69) is 10.6 Å². The van der Waals surface area contributed by atoms with E-state index in [1.807, 2.05) is 6.92 Å². The first-order valence-corrected chi connectivity index (χ1v) is 13.0. The van der Waals surface area contributed by atoms with E-state index >= 15 is 0 Å². The van der Waals surface area contributed by atoms with Crippen molar-refractivity contribution in [2.45, 2.75) is 44.9 Å². The van der Waals surface area contributed by atoms with Crippen LogP contribution >= 0.6 is 11.3 Å². The van der Waals surface area contributed by atoms with Crippen LogP contribution in [-0.4, -0.2) is 36.9 Å². The predicted molar refractivity (Wildman–Crippen MR) is 144 cm³/mol. The number of anilines is 1. The van der Waals surface area contributed by atoms with E-state index in [-0.39, 0.29) is 5.69 Å². The molecule has 0 saturated heterocycles. The van der Waals surface area contributed by atoms with Crippen LogP contribution in [0.25, 0.3) is 0 Å². The lowest BCUT2D eigenvalue weighted by molar-refractivity contribution is -0.137. The zero-order valence-corrected chi connectivity index (χ0v) is 22.8. The minimum Gasteiger partial charge on any atom is -0.497 e. The molecule has 3 rings (SSSR count). The maximum Gasteiger partial charge on any atom is 0.416 e. The van der Waals surface area contributed by atoms with Crippen LogP contribution in [0.15, 0.2) is 66.0 Å². The summed E-state index contributed by atoms with van der Waals surface area (Å²) >= 11 is 1.17. The van der Waals surface area contributed by atoms with Gasteiger partial charge in [0.25, 0.3) is 5.91 Å². The topological polar surface area (TPSA) is 87.7 Å². The summed E-state index contributed by atoms with van der Waals surface area (Å²) in [6.45, 7) is 4.91. The maximum atomic E-state index is 13.8. The van der Waals surface area contributed by atoms with Gasteiger partial charge in [0.2, 0.25) is 11.8 Å². The Balaban J connectivity index is 2.13. The van der Waals surface area contributed by atoms with Crippen LogP contribution in [0.3, 0.4) is 0 Å². The first-order valence-electron chi connectivity index (χ1n) is 12.1. The molecule has 0 saturated carbocycles. The molecule has 208 valence electrons. The second-order valence-electron chi connectivity index (χ2n) is 9.38. The van der Waals surface area contributed by atoms with E-state index in [1.165, 1.54) is 30.6 Å². The van der Waals surface area contributed by atoms with Crippen molar-refractivity contribution in [1.29, 1.82) is 0 Å². The molecule has 1 unspecified atom stereocenters. The molecule has 2 N–H and O–H groups in total. The fraction of sp³-hybridized carbons (Fsp3) is 0.321. The van der Waals surface area contributed by atoms with Crippen LogP contribution < -0.4 is 20.3 Å². The summed E-state index contributed by atoms with van der Waals surface area (Å²) in [5.41, 5.74) is -1.50. The summed E-state index contributed by atoms with van der Waals surface area (Å²) in [5, 5.41) is 7.11. The Morgan fingerprint density at radius 1 is 1.03 bits per heavy atom. The molecule has 1 atom stereocenters. The van der Waals surface area contributed by atoms with Gasteiger partial charge in [0.05, 0.1) is 24.1 Å². The SMILES string of the molecule is CCC(C)(C)NC(=O)C(c1cccc(OC)c1)N(C(=O)CNC(=O)c1cccs1)c1cccc(C(F)(F)F)c1. The van der Waals surface area contributed by atoms with Gasteiger partial charge < -0.3 is 15.4 Å². The number of ether oxygens (including phenoxy) is 1.